The number of hydrogen-bond acceptors (Lipinski definition) is 5. The van der Waals surface area contributed by atoms with E-state index < -0.39 is 15.8 Å². The van der Waals surface area contributed by atoms with Gasteiger partial charge in [0, 0.05) is 6.61 Å². The van der Waals surface area contributed by atoms with Crippen LogP contribution in [0.15, 0.2) is 30.3 Å². The maximum absolute atomic E-state index is 11.9. The van der Waals surface area contributed by atoms with Gasteiger partial charge in [0.2, 0.25) is 0 Å². The quantitative estimate of drug-likeness (QED) is 0.717. The molecule has 2 rings (SSSR count). The third kappa shape index (κ3) is 5.85. The molecule has 0 bridgehead atoms. The van der Waals surface area contributed by atoms with Gasteiger partial charge >= 0.3 is 5.97 Å². The van der Waals surface area contributed by atoms with Crippen LogP contribution < -0.4 is 0 Å². The summed E-state index contributed by atoms with van der Waals surface area (Å²) >= 11 is 0. The van der Waals surface area contributed by atoms with Crippen molar-refractivity contribution < 1.29 is 22.7 Å². The molecule has 0 saturated carbocycles. The number of rotatable bonds is 7. The lowest BCUT2D eigenvalue weighted by Gasteiger charge is -2.10. The fourth-order valence-electron chi connectivity index (χ4n) is 2.19. The second-order valence-electron chi connectivity index (χ2n) is 5.15. The monoisotopic (exact) mass is 312 g/mol. The third-order valence-corrected chi connectivity index (χ3v) is 5.03. The smallest absolute Gasteiger partial charge is 0.307 e. The lowest BCUT2D eigenvalue weighted by atomic mass is 10.2. The second kappa shape index (κ2) is 7.56. The Kier molecular flexibility index (Phi) is 5.76. The van der Waals surface area contributed by atoms with Crippen molar-refractivity contribution in [3.05, 3.63) is 35.9 Å². The minimum atomic E-state index is -3.27. The highest BCUT2D eigenvalue weighted by Crippen LogP contribution is 2.14. The molecule has 1 heterocycles. The molecule has 0 aliphatic carbocycles. The molecule has 5 nitrogen and oxygen atoms in total. The summed E-state index contributed by atoms with van der Waals surface area (Å²) in [5, 5.41) is 0. The summed E-state index contributed by atoms with van der Waals surface area (Å²) in [7, 11) is -3.27. The molecule has 1 fully saturated rings. The van der Waals surface area contributed by atoms with Crippen LogP contribution in [-0.4, -0.2) is 38.6 Å². The zero-order chi connectivity index (χ0) is 15.1. The number of benzene rings is 1. The van der Waals surface area contributed by atoms with Crippen LogP contribution in [-0.2, 0) is 30.7 Å². The molecule has 6 heteroatoms. The molecule has 0 spiro atoms. The number of ether oxygens (including phenoxy) is 2. The van der Waals surface area contributed by atoms with Crippen LogP contribution in [0.25, 0.3) is 0 Å². The topological polar surface area (TPSA) is 69.7 Å². The van der Waals surface area contributed by atoms with Gasteiger partial charge in [-0.15, -0.1) is 0 Å². The summed E-state index contributed by atoms with van der Waals surface area (Å²) in [6, 6.07) is 9.29. The van der Waals surface area contributed by atoms with E-state index in [-0.39, 0.29) is 30.6 Å². The molecule has 0 aromatic heterocycles. The zero-order valence-electron chi connectivity index (χ0n) is 11.9. The van der Waals surface area contributed by atoms with E-state index in [0.29, 0.717) is 6.61 Å². The standard InChI is InChI=1S/C15H20O5S/c16-15(20-11-13-5-2-1-3-6-13)8-10-21(17,18)12-14-7-4-9-19-14/h1-3,5-6,14H,4,7-12H2. The fraction of sp³-hybridized carbons (Fsp3) is 0.533. The molecule has 1 aromatic carbocycles. The fourth-order valence-corrected chi connectivity index (χ4v) is 3.67. The molecule has 0 radical (unpaired) electrons. The minimum absolute atomic E-state index is 0.00103. The van der Waals surface area contributed by atoms with E-state index >= 15 is 0 Å². The molecule has 1 aromatic rings. The van der Waals surface area contributed by atoms with Gasteiger partial charge in [-0.25, -0.2) is 8.42 Å². The number of carbonyl (C=O) groups excluding carboxylic acids is 1. The van der Waals surface area contributed by atoms with Crippen LogP contribution in [0.1, 0.15) is 24.8 Å². The Bertz CT molecular complexity index is 547. The van der Waals surface area contributed by atoms with Crippen molar-refractivity contribution in [2.45, 2.75) is 32.0 Å². The molecule has 1 unspecified atom stereocenters. The van der Waals surface area contributed by atoms with Gasteiger partial charge in [0.25, 0.3) is 0 Å². The van der Waals surface area contributed by atoms with Crippen molar-refractivity contribution >= 4 is 15.8 Å². The highest BCUT2D eigenvalue weighted by atomic mass is 32.2. The summed E-state index contributed by atoms with van der Waals surface area (Å²) in [6.45, 7) is 0.796. The van der Waals surface area contributed by atoms with Crippen molar-refractivity contribution in [2.75, 3.05) is 18.1 Å². The molecule has 1 saturated heterocycles. The van der Waals surface area contributed by atoms with E-state index in [4.69, 9.17) is 9.47 Å². The maximum atomic E-state index is 11.9. The number of carbonyl (C=O) groups is 1. The largest absolute Gasteiger partial charge is 0.461 e. The van der Waals surface area contributed by atoms with Gasteiger partial charge in [0.1, 0.15) is 6.61 Å². The molecule has 0 amide bonds. The van der Waals surface area contributed by atoms with Gasteiger partial charge in [0.05, 0.1) is 24.0 Å². The summed E-state index contributed by atoms with van der Waals surface area (Å²) in [4.78, 5) is 11.6. The van der Waals surface area contributed by atoms with Gasteiger partial charge in [-0.05, 0) is 18.4 Å². The Balaban J connectivity index is 1.70. The van der Waals surface area contributed by atoms with Crippen LogP contribution in [0.5, 0.6) is 0 Å². The van der Waals surface area contributed by atoms with E-state index in [0.717, 1.165) is 18.4 Å². The van der Waals surface area contributed by atoms with Crippen molar-refractivity contribution in [3.8, 4) is 0 Å². The summed E-state index contributed by atoms with van der Waals surface area (Å²) in [5.41, 5.74) is 0.882. The summed E-state index contributed by atoms with van der Waals surface area (Å²) in [5.74, 6) is -0.672. The van der Waals surface area contributed by atoms with Gasteiger partial charge in [-0.3, -0.25) is 4.79 Å². The first-order valence-corrected chi connectivity index (χ1v) is 8.89. The van der Waals surface area contributed by atoms with Crippen molar-refractivity contribution in [3.63, 3.8) is 0 Å². The Hall–Kier alpha value is -1.40. The van der Waals surface area contributed by atoms with Crippen LogP contribution in [0.3, 0.4) is 0 Å². The number of sulfone groups is 1. The van der Waals surface area contributed by atoms with Crippen molar-refractivity contribution in [1.82, 2.24) is 0 Å². The molecule has 116 valence electrons. The average molecular weight is 312 g/mol. The molecule has 1 aliphatic rings. The van der Waals surface area contributed by atoms with E-state index in [2.05, 4.69) is 0 Å². The Morgan fingerprint density at radius 3 is 2.71 bits per heavy atom. The summed E-state index contributed by atoms with van der Waals surface area (Å²) < 4.78 is 34.1. The molecule has 1 atom stereocenters. The first-order chi connectivity index (χ1) is 10.1. The van der Waals surface area contributed by atoms with E-state index in [1.54, 1.807) is 0 Å². The normalized spacial score (nSPS) is 18.6. The van der Waals surface area contributed by atoms with E-state index in [1.165, 1.54) is 0 Å². The Morgan fingerprint density at radius 2 is 2.05 bits per heavy atom. The SMILES string of the molecule is O=C(CCS(=O)(=O)CC1CCCO1)OCc1ccccc1. The van der Waals surface area contributed by atoms with Gasteiger partial charge in [-0.2, -0.15) is 0 Å². The highest BCUT2D eigenvalue weighted by molar-refractivity contribution is 7.91. The molecule has 0 N–H and O–H groups in total. The second-order valence-corrected chi connectivity index (χ2v) is 7.37. The van der Waals surface area contributed by atoms with Gasteiger partial charge in [0.15, 0.2) is 9.84 Å². The minimum Gasteiger partial charge on any atom is -0.461 e. The van der Waals surface area contributed by atoms with Crippen molar-refractivity contribution in [1.29, 1.82) is 0 Å². The van der Waals surface area contributed by atoms with Crippen LogP contribution in [0.4, 0.5) is 0 Å². The van der Waals surface area contributed by atoms with Gasteiger partial charge in [-0.1, -0.05) is 30.3 Å². The molecule has 21 heavy (non-hydrogen) atoms. The van der Waals surface area contributed by atoms with Crippen molar-refractivity contribution in [2.24, 2.45) is 0 Å². The highest BCUT2D eigenvalue weighted by Gasteiger charge is 2.24. The molecular formula is C15H20O5S. The lowest BCUT2D eigenvalue weighted by molar-refractivity contribution is -0.144. The van der Waals surface area contributed by atoms with E-state index in [1.807, 2.05) is 30.3 Å². The van der Waals surface area contributed by atoms with Crippen LogP contribution >= 0.6 is 0 Å². The van der Waals surface area contributed by atoms with Gasteiger partial charge < -0.3 is 9.47 Å². The zero-order valence-corrected chi connectivity index (χ0v) is 12.7. The predicted molar refractivity (Wildman–Crippen MR) is 78.5 cm³/mol. The molecular weight excluding hydrogens is 292 g/mol. The van der Waals surface area contributed by atoms with E-state index in [9.17, 15) is 13.2 Å². The summed E-state index contributed by atoms with van der Waals surface area (Å²) in [6.07, 6.45) is 1.36. The maximum Gasteiger partial charge on any atom is 0.307 e. The lowest BCUT2D eigenvalue weighted by Crippen LogP contribution is -2.24. The predicted octanol–water partition coefficient (Wildman–Crippen LogP) is 1.71. The average Bonchev–Trinajstić information content (AvgIpc) is 2.96. The van der Waals surface area contributed by atoms with Crippen LogP contribution in [0, 0.1) is 0 Å². The third-order valence-electron chi connectivity index (χ3n) is 3.32. The first-order valence-electron chi connectivity index (χ1n) is 7.07. The number of hydrogen-bond donors (Lipinski definition) is 0. The Labute approximate surface area is 125 Å². The van der Waals surface area contributed by atoms with Crippen LogP contribution in [0.2, 0.25) is 0 Å². The molecule has 1 aliphatic heterocycles. The number of esters is 1. The Morgan fingerprint density at radius 1 is 1.29 bits per heavy atom. The first kappa shape index (κ1) is 16.0.